The predicted molar refractivity (Wildman–Crippen MR) is 52.4 cm³/mol. The van der Waals surface area contributed by atoms with E-state index in [0.29, 0.717) is 18.1 Å². The van der Waals surface area contributed by atoms with Crippen LogP contribution in [-0.2, 0) is 0 Å². The molecule has 12 heavy (non-hydrogen) atoms. The largest absolute Gasteiger partial charge is 0.314 e. The highest BCUT2D eigenvalue weighted by molar-refractivity contribution is 4.93. The van der Waals surface area contributed by atoms with E-state index in [2.05, 4.69) is 29.4 Å². The molecule has 3 heteroatoms. The van der Waals surface area contributed by atoms with Crippen LogP contribution < -0.4 is 10.6 Å². The Morgan fingerprint density at radius 2 is 1.50 bits per heavy atom. The van der Waals surface area contributed by atoms with Crippen molar-refractivity contribution in [3.05, 3.63) is 0 Å². The highest BCUT2D eigenvalue weighted by Crippen LogP contribution is 2.12. The number of rotatable bonds is 3. The van der Waals surface area contributed by atoms with Crippen molar-refractivity contribution in [2.75, 3.05) is 27.2 Å². The molecule has 0 saturated carbocycles. The molecule has 0 spiro atoms. The second-order valence-corrected chi connectivity index (χ2v) is 3.84. The third-order valence-corrected chi connectivity index (χ3v) is 2.82. The second-order valence-electron chi connectivity index (χ2n) is 3.84. The minimum atomic E-state index is 0.609. The van der Waals surface area contributed by atoms with Crippen molar-refractivity contribution in [3.8, 4) is 0 Å². The number of nitrogens with zero attached hydrogens (tertiary/aromatic N) is 1. The van der Waals surface area contributed by atoms with Crippen LogP contribution in [0.4, 0.5) is 0 Å². The molecule has 2 N–H and O–H groups in total. The molecule has 0 aliphatic carbocycles. The number of hydrogen-bond donors (Lipinski definition) is 2. The highest BCUT2D eigenvalue weighted by Gasteiger charge is 2.31. The molecular weight excluding hydrogens is 150 g/mol. The fourth-order valence-electron chi connectivity index (χ4n) is 1.84. The summed E-state index contributed by atoms with van der Waals surface area (Å²) in [5.74, 6) is 0. The lowest BCUT2D eigenvalue weighted by atomic mass is 10.2. The van der Waals surface area contributed by atoms with Gasteiger partial charge in [0.25, 0.3) is 0 Å². The molecular formula is C9H21N3. The second kappa shape index (κ2) is 4.21. The molecule has 0 bridgehead atoms. The Balaban J connectivity index is 2.47. The Hall–Kier alpha value is -0.120. The third-order valence-electron chi connectivity index (χ3n) is 2.82. The summed E-state index contributed by atoms with van der Waals surface area (Å²) in [5.41, 5.74) is 0. The fraction of sp³-hybridized carbons (Fsp3) is 1.00. The van der Waals surface area contributed by atoms with Gasteiger partial charge in [-0.1, -0.05) is 0 Å². The molecule has 1 aliphatic rings. The first-order valence-electron chi connectivity index (χ1n) is 4.77. The maximum Gasteiger partial charge on any atom is 0.0359 e. The zero-order chi connectivity index (χ0) is 9.14. The molecule has 0 aromatic heterocycles. The van der Waals surface area contributed by atoms with Crippen LogP contribution in [0.1, 0.15) is 13.8 Å². The number of likely N-dealkylation sites (tertiary alicyclic amines) is 1. The van der Waals surface area contributed by atoms with Gasteiger partial charge in [-0.2, -0.15) is 0 Å². The van der Waals surface area contributed by atoms with Crippen molar-refractivity contribution in [3.63, 3.8) is 0 Å². The van der Waals surface area contributed by atoms with Crippen LogP contribution in [0.25, 0.3) is 0 Å². The zero-order valence-corrected chi connectivity index (χ0v) is 8.59. The van der Waals surface area contributed by atoms with E-state index in [0.717, 1.165) is 0 Å². The molecule has 0 radical (unpaired) electrons. The molecule has 1 fully saturated rings. The summed E-state index contributed by atoms with van der Waals surface area (Å²) in [6.07, 6.45) is 0. The van der Waals surface area contributed by atoms with Crippen molar-refractivity contribution in [1.29, 1.82) is 0 Å². The average Bonchev–Trinajstić information content (AvgIpc) is 2.46. The lowest BCUT2D eigenvalue weighted by molar-refractivity contribution is 0.266. The third kappa shape index (κ3) is 1.97. The van der Waals surface area contributed by atoms with Gasteiger partial charge in [-0.3, -0.25) is 4.90 Å². The first kappa shape index (κ1) is 9.96. The zero-order valence-electron chi connectivity index (χ0n) is 8.59. The molecule has 3 nitrogen and oxygen atoms in total. The smallest absolute Gasteiger partial charge is 0.0359 e. The van der Waals surface area contributed by atoms with Gasteiger partial charge in [-0.05, 0) is 27.9 Å². The van der Waals surface area contributed by atoms with Gasteiger partial charge in [0.05, 0.1) is 0 Å². The van der Waals surface area contributed by atoms with E-state index in [1.807, 2.05) is 14.1 Å². The van der Waals surface area contributed by atoms with E-state index in [4.69, 9.17) is 0 Å². The molecule has 0 aromatic carbocycles. The standard InChI is InChI=1S/C9H21N3/c1-7(2)12-5-8(10-3)9(6-12)11-4/h7-11H,5-6H2,1-4H3/t8-,9-/m0/s1. The van der Waals surface area contributed by atoms with Crippen molar-refractivity contribution < 1.29 is 0 Å². The van der Waals surface area contributed by atoms with Crippen LogP contribution >= 0.6 is 0 Å². The van der Waals surface area contributed by atoms with Gasteiger partial charge >= 0.3 is 0 Å². The van der Waals surface area contributed by atoms with Crippen LogP contribution in [0.2, 0.25) is 0 Å². The van der Waals surface area contributed by atoms with E-state index < -0.39 is 0 Å². The van der Waals surface area contributed by atoms with Gasteiger partial charge in [0.15, 0.2) is 0 Å². The summed E-state index contributed by atoms with van der Waals surface area (Å²) < 4.78 is 0. The van der Waals surface area contributed by atoms with Gasteiger partial charge in [-0.15, -0.1) is 0 Å². The minimum Gasteiger partial charge on any atom is -0.314 e. The Morgan fingerprint density at radius 3 is 1.75 bits per heavy atom. The Bertz CT molecular complexity index is 124. The molecule has 1 heterocycles. The number of hydrogen-bond acceptors (Lipinski definition) is 3. The predicted octanol–water partition coefficient (Wildman–Crippen LogP) is -0.114. The van der Waals surface area contributed by atoms with E-state index >= 15 is 0 Å². The monoisotopic (exact) mass is 171 g/mol. The van der Waals surface area contributed by atoms with Crippen LogP contribution in [0.5, 0.6) is 0 Å². The molecule has 2 atom stereocenters. The molecule has 0 unspecified atom stereocenters. The number of likely N-dealkylation sites (N-methyl/N-ethyl adjacent to an activating group) is 2. The summed E-state index contributed by atoms with van der Waals surface area (Å²) in [4.78, 5) is 2.50. The SMILES string of the molecule is CN[C@H]1CN(C(C)C)C[C@@H]1NC. The van der Waals surface area contributed by atoms with Gasteiger partial charge in [0.2, 0.25) is 0 Å². The molecule has 1 aliphatic heterocycles. The first-order chi connectivity index (χ1) is 5.69. The van der Waals surface area contributed by atoms with Crippen LogP contribution in [-0.4, -0.2) is 50.2 Å². The van der Waals surface area contributed by atoms with Crippen molar-refractivity contribution in [2.45, 2.75) is 32.0 Å². The molecule has 1 saturated heterocycles. The molecule has 0 amide bonds. The first-order valence-corrected chi connectivity index (χ1v) is 4.77. The Morgan fingerprint density at radius 1 is 1.08 bits per heavy atom. The summed E-state index contributed by atoms with van der Waals surface area (Å²) in [7, 11) is 4.08. The summed E-state index contributed by atoms with van der Waals surface area (Å²) in [6, 6.07) is 1.88. The van der Waals surface area contributed by atoms with Gasteiger partial charge in [0, 0.05) is 31.2 Å². The highest BCUT2D eigenvalue weighted by atomic mass is 15.2. The fourth-order valence-corrected chi connectivity index (χ4v) is 1.84. The summed E-state index contributed by atoms with van der Waals surface area (Å²) >= 11 is 0. The van der Waals surface area contributed by atoms with E-state index in [-0.39, 0.29) is 0 Å². The molecule has 72 valence electrons. The van der Waals surface area contributed by atoms with Gasteiger partial charge in [0.1, 0.15) is 0 Å². The topological polar surface area (TPSA) is 27.3 Å². The lowest BCUT2D eigenvalue weighted by Crippen LogP contribution is -2.43. The summed E-state index contributed by atoms with van der Waals surface area (Å²) in [6.45, 7) is 6.84. The Kier molecular flexibility index (Phi) is 3.50. The van der Waals surface area contributed by atoms with Crippen LogP contribution in [0.3, 0.4) is 0 Å². The molecule has 1 rings (SSSR count). The molecule has 0 aromatic rings. The average molecular weight is 171 g/mol. The van der Waals surface area contributed by atoms with Crippen molar-refractivity contribution in [1.82, 2.24) is 15.5 Å². The normalized spacial score (nSPS) is 31.8. The number of nitrogens with one attached hydrogen (secondary N) is 2. The van der Waals surface area contributed by atoms with E-state index in [1.165, 1.54) is 13.1 Å². The van der Waals surface area contributed by atoms with Gasteiger partial charge in [-0.25, -0.2) is 0 Å². The van der Waals surface area contributed by atoms with Gasteiger partial charge < -0.3 is 10.6 Å². The van der Waals surface area contributed by atoms with E-state index in [1.54, 1.807) is 0 Å². The lowest BCUT2D eigenvalue weighted by Gasteiger charge is -2.19. The van der Waals surface area contributed by atoms with Crippen molar-refractivity contribution >= 4 is 0 Å². The van der Waals surface area contributed by atoms with Crippen molar-refractivity contribution in [2.24, 2.45) is 0 Å². The Labute approximate surface area is 75.5 Å². The maximum atomic E-state index is 3.35. The van der Waals surface area contributed by atoms with Crippen LogP contribution in [0, 0.1) is 0 Å². The minimum absolute atomic E-state index is 0.609. The maximum absolute atomic E-state index is 3.35. The van der Waals surface area contributed by atoms with E-state index in [9.17, 15) is 0 Å². The van der Waals surface area contributed by atoms with Crippen LogP contribution in [0.15, 0.2) is 0 Å². The summed E-state index contributed by atoms with van der Waals surface area (Å²) in [5, 5.41) is 6.69. The quantitative estimate of drug-likeness (QED) is 0.620.